The Morgan fingerprint density at radius 3 is 2.55 bits per heavy atom. The molecule has 0 atom stereocenters. The normalized spacial score (nSPS) is 10.8. The van der Waals surface area contributed by atoms with E-state index in [0.717, 1.165) is 54.4 Å². The predicted octanol–water partition coefficient (Wildman–Crippen LogP) is 3.76. The summed E-state index contributed by atoms with van der Waals surface area (Å²) in [5.41, 5.74) is 4.13. The minimum atomic E-state index is 0.724. The van der Waals surface area contributed by atoms with Gasteiger partial charge in [-0.3, -0.25) is 4.98 Å². The summed E-state index contributed by atoms with van der Waals surface area (Å²) in [5, 5.41) is 4.70. The van der Waals surface area contributed by atoms with Crippen LogP contribution in [0.4, 0.5) is 0 Å². The van der Waals surface area contributed by atoms with Crippen LogP contribution < -0.4 is 4.74 Å². The Kier molecular flexibility index (Phi) is 4.77. The smallest absolute Gasteiger partial charge is 0.215 e. The number of hydrogen-bond acceptors (Lipinski definition) is 3. The van der Waals surface area contributed by atoms with Crippen molar-refractivity contribution in [3.05, 3.63) is 29.6 Å². The van der Waals surface area contributed by atoms with E-state index in [4.69, 9.17) is 9.84 Å². The summed E-state index contributed by atoms with van der Waals surface area (Å²) in [6.45, 7) is 9.91. The number of hydrogen-bond donors (Lipinski definition) is 0. The number of aromatic nitrogens is 3. The van der Waals surface area contributed by atoms with E-state index in [1.165, 1.54) is 0 Å². The molecule has 0 saturated heterocycles. The van der Waals surface area contributed by atoms with Gasteiger partial charge in [0.1, 0.15) is 5.69 Å². The molecule has 0 aromatic carbocycles. The maximum absolute atomic E-state index is 5.88. The average molecular weight is 273 g/mol. The number of aryl methyl sites for hydroxylation is 2. The molecule has 108 valence electrons. The van der Waals surface area contributed by atoms with E-state index in [1.807, 2.05) is 23.9 Å². The SMILES string of the molecule is CCCOc1c(C)c(-c2ccc(C)nc2)nn1CCC. The summed E-state index contributed by atoms with van der Waals surface area (Å²) in [6.07, 6.45) is 3.91. The van der Waals surface area contributed by atoms with Crippen LogP contribution >= 0.6 is 0 Å². The second-order valence-corrected chi connectivity index (χ2v) is 5.04. The maximum Gasteiger partial charge on any atom is 0.215 e. The minimum Gasteiger partial charge on any atom is -0.478 e. The highest BCUT2D eigenvalue weighted by atomic mass is 16.5. The molecule has 0 bridgehead atoms. The van der Waals surface area contributed by atoms with Crippen LogP contribution in [0.25, 0.3) is 11.3 Å². The van der Waals surface area contributed by atoms with Gasteiger partial charge in [-0.25, -0.2) is 4.68 Å². The van der Waals surface area contributed by atoms with E-state index >= 15 is 0 Å². The minimum absolute atomic E-state index is 0.724. The van der Waals surface area contributed by atoms with Gasteiger partial charge in [0.2, 0.25) is 5.88 Å². The Morgan fingerprint density at radius 2 is 1.95 bits per heavy atom. The van der Waals surface area contributed by atoms with Gasteiger partial charge >= 0.3 is 0 Å². The summed E-state index contributed by atoms with van der Waals surface area (Å²) in [4.78, 5) is 4.35. The summed E-state index contributed by atoms with van der Waals surface area (Å²) in [7, 11) is 0. The van der Waals surface area contributed by atoms with Crippen LogP contribution in [-0.4, -0.2) is 21.4 Å². The zero-order chi connectivity index (χ0) is 14.5. The molecule has 0 aliphatic heterocycles. The molecule has 4 nitrogen and oxygen atoms in total. The van der Waals surface area contributed by atoms with Crippen molar-refractivity contribution in [1.82, 2.24) is 14.8 Å². The fraction of sp³-hybridized carbons (Fsp3) is 0.500. The van der Waals surface area contributed by atoms with E-state index in [9.17, 15) is 0 Å². The van der Waals surface area contributed by atoms with Crippen LogP contribution in [0, 0.1) is 13.8 Å². The van der Waals surface area contributed by atoms with Crippen LogP contribution in [-0.2, 0) is 6.54 Å². The lowest BCUT2D eigenvalue weighted by Gasteiger charge is -2.08. The van der Waals surface area contributed by atoms with Crippen molar-refractivity contribution in [2.75, 3.05) is 6.61 Å². The van der Waals surface area contributed by atoms with Crippen LogP contribution in [0.5, 0.6) is 5.88 Å². The molecule has 2 rings (SSSR count). The van der Waals surface area contributed by atoms with Crippen molar-refractivity contribution < 1.29 is 4.74 Å². The Balaban J connectivity index is 2.40. The standard InChI is InChI=1S/C16H23N3O/c1-5-9-19-16(20-10-6-2)13(4)15(18-19)14-8-7-12(3)17-11-14/h7-8,11H,5-6,9-10H2,1-4H3. The van der Waals surface area contributed by atoms with E-state index in [0.29, 0.717) is 0 Å². The highest BCUT2D eigenvalue weighted by Gasteiger charge is 2.16. The summed E-state index contributed by atoms with van der Waals surface area (Å²) in [6, 6.07) is 4.08. The molecule has 0 N–H and O–H groups in total. The number of pyridine rings is 1. The predicted molar refractivity (Wildman–Crippen MR) is 81.0 cm³/mol. The fourth-order valence-electron chi connectivity index (χ4n) is 2.16. The van der Waals surface area contributed by atoms with Gasteiger partial charge in [0, 0.05) is 29.6 Å². The summed E-state index contributed by atoms with van der Waals surface area (Å²) < 4.78 is 7.85. The molecule has 2 aromatic heterocycles. The highest BCUT2D eigenvalue weighted by Crippen LogP contribution is 2.29. The largest absolute Gasteiger partial charge is 0.478 e. The molecule has 20 heavy (non-hydrogen) atoms. The third-order valence-corrected chi connectivity index (χ3v) is 3.19. The summed E-state index contributed by atoms with van der Waals surface area (Å²) in [5.74, 6) is 0.893. The van der Waals surface area contributed by atoms with Crippen LogP contribution in [0.1, 0.15) is 37.9 Å². The monoisotopic (exact) mass is 273 g/mol. The molecule has 0 fully saturated rings. The number of ether oxygens (including phenoxy) is 1. The topological polar surface area (TPSA) is 39.9 Å². The molecule has 0 aliphatic rings. The van der Waals surface area contributed by atoms with Crippen molar-refractivity contribution in [2.24, 2.45) is 0 Å². The van der Waals surface area contributed by atoms with Crippen LogP contribution in [0.15, 0.2) is 18.3 Å². The average Bonchev–Trinajstić information content (AvgIpc) is 2.75. The second-order valence-electron chi connectivity index (χ2n) is 5.04. The van der Waals surface area contributed by atoms with Gasteiger partial charge in [0.25, 0.3) is 0 Å². The van der Waals surface area contributed by atoms with Gasteiger partial charge in [-0.1, -0.05) is 13.8 Å². The highest BCUT2D eigenvalue weighted by molar-refractivity contribution is 5.64. The van der Waals surface area contributed by atoms with Gasteiger partial charge in [-0.05, 0) is 38.8 Å². The molecular formula is C16H23N3O. The zero-order valence-electron chi connectivity index (χ0n) is 12.8. The first-order chi connectivity index (χ1) is 9.67. The third-order valence-electron chi connectivity index (χ3n) is 3.19. The van der Waals surface area contributed by atoms with Crippen LogP contribution in [0.3, 0.4) is 0 Å². The van der Waals surface area contributed by atoms with Crippen molar-refractivity contribution in [3.63, 3.8) is 0 Å². The Labute approximate surface area is 120 Å². The van der Waals surface area contributed by atoms with Crippen molar-refractivity contribution in [2.45, 2.75) is 47.1 Å². The second kappa shape index (κ2) is 6.55. The molecule has 4 heteroatoms. The number of nitrogens with zero attached hydrogens (tertiary/aromatic N) is 3. The lowest BCUT2D eigenvalue weighted by atomic mass is 10.1. The fourth-order valence-corrected chi connectivity index (χ4v) is 2.16. The molecule has 0 amide bonds. The van der Waals surface area contributed by atoms with Gasteiger partial charge in [-0.2, -0.15) is 5.10 Å². The molecule has 2 aromatic rings. The van der Waals surface area contributed by atoms with Gasteiger partial charge in [-0.15, -0.1) is 0 Å². The maximum atomic E-state index is 5.88. The van der Waals surface area contributed by atoms with Crippen molar-refractivity contribution >= 4 is 0 Å². The van der Waals surface area contributed by atoms with E-state index in [1.54, 1.807) is 0 Å². The first-order valence-electron chi connectivity index (χ1n) is 7.30. The molecule has 0 unspecified atom stereocenters. The lowest BCUT2D eigenvalue weighted by Crippen LogP contribution is -2.05. The van der Waals surface area contributed by atoms with Crippen molar-refractivity contribution in [1.29, 1.82) is 0 Å². The quantitative estimate of drug-likeness (QED) is 0.804. The van der Waals surface area contributed by atoms with E-state index in [-0.39, 0.29) is 0 Å². The van der Waals surface area contributed by atoms with Crippen molar-refractivity contribution in [3.8, 4) is 17.1 Å². The summed E-state index contributed by atoms with van der Waals surface area (Å²) >= 11 is 0. The molecule has 2 heterocycles. The first kappa shape index (κ1) is 14.6. The molecule has 0 spiro atoms. The first-order valence-corrected chi connectivity index (χ1v) is 7.30. The van der Waals surface area contributed by atoms with E-state index in [2.05, 4.69) is 31.8 Å². The number of rotatable bonds is 6. The molecule has 0 saturated carbocycles. The van der Waals surface area contributed by atoms with E-state index < -0.39 is 0 Å². The molecule has 0 radical (unpaired) electrons. The third kappa shape index (κ3) is 3.00. The Hall–Kier alpha value is -1.84. The van der Waals surface area contributed by atoms with Crippen LogP contribution in [0.2, 0.25) is 0 Å². The Morgan fingerprint density at radius 1 is 1.15 bits per heavy atom. The van der Waals surface area contributed by atoms with Gasteiger partial charge in [0.05, 0.1) is 6.61 Å². The van der Waals surface area contributed by atoms with Gasteiger partial charge in [0.15, 0.2) is 0 Å². The lowest BCUT2D eigenvalue weighted by molar-refractivity contribution is 0.281. The Bertz CT molecular complexity index is 558. The molecular weight excluding hydrogens is 250 g/mol. The van der Waals surface area contributed by atoms with Gasteiger partial charge < -0.3 is 4.74 Å². The zero-order valence-corrected chi connectivity index (χ0v) is 12.8. The molecule has 0 aliphatic carbocycles.